The van der Waals surface area contributed by atoms with E-state index in [-0.39, 0.29) is 29.9 Å². The summed E-state index contributed by atoms with van der Waals surface area (Å²) >= 11 is 0. The van der Waals surface area contributed by atoms with Crippen LogP contribution in [-0.4, -0.2) is 21.2 Å². The number of hydrogen-bond acceptors (Lipinski definition) is 4. The number of aliphatic carboxylic acids is 1. The van der Waals surface area contributed by atoms with Crippen molar-refractivity contribution in [1.29, 1.82) is 0 Å². The molecule has 1 unspecified atom stereocenters. The Morgan fingerprint density at radius 3 is 2.64 bits per heavy atom. The number of carboxylic acids is 1. The highest BCUT2D eigenvalue weighted by atomic mass is 16.5. The highest BCUT2D eigenvalue weighted by molar-refractivity contribution is 5.89. The van der Waals surface area contributed by atoms with E-state index in [9.17, 15) is 19.8 Å². The maximum absolute atomic E-state index is 12.2. The molecule has 0 amide bonds. The van der Waals surface area contributed by atoms with Crippen LogP contribution in [0.2, 0.25) is 0 Å². The Morgan fingerprint density at radius 2 is 2.00 bits per heavy atom. The monoisotopic (exact) mass is 341 g/mol. The van der Waals surface area contributed by atoms with Crippen LogP contribution in [0.3, 0.4) is 0 Å². The van der Waals surface area contributed by atoms with Gasteiger partial charge < -0.3 is 19.9 Å². The zero-order chi connectivity index (χ0) is 18.0. The van der Waals surface area contributed by atoms with Gasteiger partial charge in [-0.3, -0.25) is 4.79 Å². The van der Waals surface area contributed by atoms with Crippen LogP contribution in [0, 0.1) is 0 Å². The van der Waals surface area contributed by atoms with Crippen molar-refractivity contribution in [1.82, 2.24) is 4.98 Å². The SMILES string of the molecule is CCC1(OCc2ccccc2)C(O)=C(C(=O)O)Cc2c1cc[nH]c2=O. The van der Waals surface area contributed by atoms with Crippen molar-refractivity contribution < 1.29 is 19.7 Å². The number of aliphatic hydroxyl groups excluding tert-OH is 1. The van der Waals surface area contributed by atoms with Gasteiger partial charge in [0.05, 0.1) is 12.2 Å². The predicted octanol–water partition coefficient (Wildman–Crippen LogP) is 2.65. The number of ether oxygens (including phenoxy) is 1. The normalized spacial score (nSPS) is 19.6. The molecule has 1 aromatic carbocycles. The van der Waals surface area contributed by atoms with Crippen molar-refractivity contribution in [2.75, 3.05) is 0 Å². The molecule has 0 saturated carbocycles. The minimum atomic E-state index is -1.36. The summed E-state index contributed by atoms with van der Waals surface area (Å²) in [6, 6.07) is 11.0. The van der Waals surface area contributed by atoms with Gasteiger partial charge in [0.15, 0.2) is 5.60 Å². The third kappa shape index (κ3) is 2.85. The summed E-state index contributed by atoms with van der Waals surface area (Å²) in [5, 5.41) is 20.2. The molecule has 1 heterocycles. The molecule has 3 N–H and O–H groups in total. The molecule has 1 aliphatic carbocycles. The van der Waals surface area contributed by atoms with Crippen LogP contribution in [0.25, 0.3) is 0 Å². The van der Waals surface area contributed by atoms with Crippen LogP contribution in [0.1, 0.15) is 30.0 Å². The summed E-state index contributed by atoms with van der Waals surface area (Å²) in [6.45, 7) is 1.97. The smallest absolute Gasteiger partial charge is 0.335 e. The third-order valence-corrected chi connectivity index (χ3v) is 4.60. The molecule has 0 saturated heterocycles. The second kappa shape index (κ2) is 6.57. The first-order chi connectivity index (χ1) is 12.0. The maximum atomic E-state index is 12.2. The summed E-state index contributed by atoms with van der Waals surface area (Å²) in [6.07, 6.45) is 1.64. The lowest BCUT2D eigenvalue weighted by atomic mass is 9.78. The molecule has 6 nitrogen and oxygen atoms in total. The molecule has 1 aliphatic rings. The summed E-state index contributed by atoms with van der Waals surface area (Å²) in [5.74, 6) is -1.59. The number of carbonyl (C=O) groups is 1. The molecule has 2 aromatic rings. The van der Waals surface area contributed by atoms with Gasteiger partial charge in [-0.1, -0.05) is 37.3 Å². The van der Waals surface area contributed by atoms with Crippen molar-refractivity contribution in [2.24, 2.45) is 0 Å². The Kier molecular flexibility index (Phi) is 4.46. The van der Waals surface area contributed by atoms with Crippen molar-refractivity contribution in [2.45, 2.75) is 32.0 Å². The number of aliphatic hydroxyl groups is 1. The molecule has 1 aromatic heterocycles. The third-order valence-electron chi connectivity index (χ3n) is 4.60. The minimum Gasteiger partial charge on any atom is -0.508 e. The standard InChI is InChI=1S/C19H19NO5/c1-2-19(25-11-12-6-4-3-5-7-12)15-8-9-20-17(22)13(15)10-14(16(19)21)18(23)24/h3-9,21H,2,10-11H2,1H3,(H,20,22)(H,23,24). The Hall–Kier alpha value is -2.86. The van der Waals surface area contributed by atoms with Crippen LogP contribution in [0.4, 0.5) is 0 Å². The molecule has 0 aliphatic heterocycles. The molecule has 0 radical (unpaired) electrons. The number of fused-ring (bicyclic) bond motifs is 1. The average molecular weight is 341 g/mol. The van der Waals surface area contributed by atoms with Gasteiger partial charge >= 0.3 is 5.97 Å². The number of aromatic amines is 1. The van der Waals surface area contributed by atoms with E-state index in [0.717, 1.165) is 5.56 Å². The van der Waals surface area contributed by atoms with E-state index >= 15 is 0 Å². The van der Waals surface area contributed by atoms with Gasteiger partial charge in [0.1, 0.15) is 5.76 Å². The molecular formula is C19H19NO5. The Labute approximate surface area is 144 Å². The topological polar surface area (TPSA) is 99.6 Å². The fourth-order valence-electron chi connectivity index (χ4n) is 3.26. The van der Waals surface area contributed by atoms with Crippen LogP contribution in [0.15, 0.2) is 58.7 Å². The van der Waals surface area contributed by atoms with Crippen LogP contribution >= 0.6 is 0 Å². The van der Waals surface area contributed by atoms with E-state index < -0.39 is 11.6 Å². The second-order valence-electron chi connectivity index (χ2n) is 5.96. The first kappa shape index (κ1) is 17.0. The van der Waals surface area contributed by atoms with E-state index in [4.69, 9.17) is 4.74 Å². The van der Waals surface area contributed by atoms with E-state index in [0.29, 0.717) is 17.5 Å². The average Bonchev–Trinajstić information content (AvgIpc) is 2.62. The lowest BCUT2D eigenvalue weighted by molar-refractivity contribution is -0.134. The lowest BCUT2D eigenvalue weighted by Crippen LogP contribution is -2.40. The molecule has 130 valence electrons. The van der Waals surface area contributed by atoms with Gasteiger partial charge in [-0.05, 0) is 18.1 Å². The van der Waals surface area contributed by atoms with E-state index in [2.05, 4.69) is 4.98 Å². The van der Waals surface area contributed by atoms with Crippen LogP contribution < -0.4 is 5.56 Å². The van der Waals surface area contributed by atoms with Gasteiger partial charge in [-0.25, -0.2) is 4.79 Å². The first-order valence-electron chi connectivity index (χ1n) is 8.04. The van der Waals surface area contributed by atoms with Crippen LogP contribution in [-0.2, 0) is 28.2 Å². The van der Waals surface area contributed by atoms with E-state index in [1.54, 1.807) is 13.0 Å². The van der Waals surface area contributed by atoms with E-state index in [1.165, 1.54) is 6.20 Å². The number of hydrogen-bond donors (Lipinski definition) is 3. The summed E-state index contributed by atoms with van der Waals surface area (Å²) in [5.41, 5.74) is -0.225. The number of carboxylic acid groups (broad SMARTS) is 1. The molecule has 0 bridgehead atoms. The van der Waals surface area contributed by atoms with Gasteiger partial charge in [-0.2, -0.15) is 0 Å². The van der Waals surface area contributed by atoms with Crippen molar-refractivity contribution in [3.8, 4) is 0 Å². The zero-order valence-electron chi connectivity index (χ0n) is 13.8. The molecule has 3 rings (SSSR count). The molecular weight excluding hydrogens is 322 g/mol. The number of nitrogens with one attached hydrogen (secondary N) is 1. The van der Waals surface area contributed by atoms with Gasteiger partial charge in [0, 0.05) is 23.7 Å². The largest absolute Gasteiger partial charge is 0.508 e. The fourth-order valence-corrected chi connectivity index (χ4v) is 3.26. The second-order valence-corrected chi connectivity index (χ2v) is 5.96. The van der Waals surface area contributed by atoms with Crippen LogP contribution in [0.5, 0.6) is 0 Å². The molecule has 6 heteroatoms. The van der Waals surface area contributed by atoms with E-state index in [1.807, 2.05) is 30.3 Å². The zero-order valence-corrected chi connectivity index (χ0v) is 13.8. The Balaban J connectivity index is 2.13. The molecule has 0 fully saturated rings. The Bertz CT molecular complexity index is 884. The number of rotatable bonds is 5. The van der Waals surface area contributed by atoms with Crippen molar-refractivity contribution in [3.05, 3.63) is 81.0 Å². The maximum Gasteiger partial charge on any atom is 0.335 e. The van der Waals surface area contributed by atoms with Crippen molar-refractivity contribution >= 4 is 5.97 Å². The van der Waals surface area contributed by atoms with Gasteiger partial charge in [-0.15, -0.1) is 0 Å². The lowest BCUT2D eigenvalue weighted by Gasteiger charge is -2.37. The number of aromatic nitrogens is 1. The highest BCUT2D eigenvalue weighted by Crippen LogP contribution is 2.43. The molecule has 25 heavy (non-hydrogen) atoms. The highest BCUT2D eigenvalue weighted by Gasteiger charge is 2.45. The predicted molar refractivity (Wildman–Crippen MR) is 91.3 cm³/mol. The minimum absolute atomic E-state index is 0.136. The number of benzene rings is 1. The van der Waals surface area contributed by atoms with Gasteiger partial charge in [0.25, 0.3) is 5.56 Å². The summed E-state index contributed by atoms with van der Waals surface area (Å²) in [4.78, 5) is 26.3. The first-order valence-corrected chi connectivity index (χ1v) is 8.04. The fraction of sp³-hybridized carbons (Fsp3) is 0.263. The van der Waals surface area contributed by atoms with Gasteiger partial charge in [0.2, 0.25) is 0 Å². The molecule has 1 atom stereocenters. The number of H-pyrrole nitrogens is 1. The quantitative estimate of drug-likeness (QED) is 0.776. The summed E-state index contributed by atoms with van der Waals surface area (Å²) < 4.78 is 6.06. The number of pyridine rings is 1. The molecule has 0 spiro atoms. The van der Waals surface area contributed by atoms with Crippen molar-refractivity contribution in [3.63, 3.8) is 0 Å². The summed E-state index contributed by atoms with van der Waals surface area (Å²) in [7, 11) is 0. The Morgan fingerprint density at radius 1 is 1.28 bits per heavy atom.